The average Bonchev–Trinajstić information content (AvgIpc) is 3.38. The van der Waals surface area contributed by atoms with Gasteiger partial charge in [-0.05, 0) is 49.5 Å². The summed E-state index contributed by atoms with van der Waals surface area (Å²) in [5, 5.41) is 3.49. The molecule has 2 saturated heterocycles. The molecule has 0 aromatic heterocycles. The van der Waals surface area contributed by atoms with E-state index in [9.17, 15) is 4.79 Å². The highest BCUT2D eigenvalue weighted by atomic mass is 16.6. The molecule has 1 spiro atoms. The Balaban J connectivity index is 1.27. The van der Waals surface area contributed by atoms with Gasteiger partial charge in [-0.1, -0.05) is 25.1 Å². The molecule has 6 atom stereocenters. The lowest BCUT2D eigenvalue weighted by Crippen LogP contribution is -2.51. The smallest absolute Gasteiger partial charge is 0.310 e. The molecular weight excluding hydrogens is 354 g/mol. The van der Waals surface area contributed by atoms with Crippen LogP contribution in [0.4, 0.5) is 0 Å². The number of epoxide rings is 1. The highest BCUT2D eigenvalue weighted by molar-refractivity contribution is 5.75. The van der Waals surface area contributed by atoms with E-state index in [1.807, 2.05) is 18.2 Å². The van der Waals surface area contributed by atoms with Crippen molar-refractivity contribution in [1.29, 1.82) is 0 Å². The summed E-state index contributed by atoms with van der Waals surface area (Å²) in [5.41, 5.74) is 1.48. The highest BCUT2D eigenvalue weighted by Crippen LogP contribution is 2.62. The van der Waals surface area contributed by atoms with Crippen LogP contribution in [0.15, 0.2) is 24.3 Å². The first-order valence-electron chi connectivity index (χ1n) is 10.7. The number of carbonyl (C=O) groups excluding carboxylic acids is 1. The summed E-state index contributed by atoms with van der Waals surface area (Å²) in [6, 6.07) is 8.01. The van der Waals surface area contributed by atoms with E-state index in [0.29, 0.717) is 24.9 Å². The van der Waals surface area contributed by atoms with Crippen LogP contribution in [-0.4, -0.2) is 37.9 Å². The van der Waals surface area contributed by atoms with E-state index >= 15 is 0 Å². The van der Waals surface area contributed by atoms with E-state index < -0.39 is 0 Å². The molecule has 4 aliphatic rings. The van der Waals surface area contributed by atoms with Crippen LogP contribution in [0.1, 0.15) is 44.6 Å². The van der Waals surface area contributed by atoms with E-state index in [2.05, 4.69) is 18.3 Å². The lowest BCUT2D eigenvalue weighted by atomic mass is 9.53. The number of benzene rings is 1. The van der Waals surface area contributed by atoms with Gasteiger partial charge in [0, 0.05) is 24.6 Å². The first kappa shape index (κ1) is 18.4. The predicted molar refractivity (Wildman–Crippen MR) is 105 cm³/mol. The number of methoxy groups -OCH3 is 1. The summed E-state index contributed by atoms with van der Waals surface area (Å²) in [7, 11) is 1.69. The second-order valence-electron chi connectivity index (χ2n) is 9.54. The molecule has 28 heavy (non-hydrogen) atoms. The van der Waals surface area contributed by atoms with Crippen molar-refractivity contribution in [1.82, 2.24) is 5.32 Å². The van der Waals surface area contributed by atoms with Gasteiger partial charge in [0.05, 0.1) is 25.2 Å². The average molecular weight is 386 g/mol. The highest BCUT2D eigenvalue weighted by Gasteiger charge is 2.64. The Kier molecular flexibility index (Phi) is 4.44. The molecule has 0 amide bonds. The van der Waals surface area contributed by atoms with Gasteiger partial charge >= 0.3 is 5.97 Å². The molecule has 0 unspecified atom stereocenters. The molecule has 152 valence electrons. The summed E-state index contributed by atoms with van der Waals surface area (Å²) in [5.74, 6) is 1.69. The zero-order valence-electron chi connectivity index (χ0n) is 16.9. The van der Waals surface area contributed by atoms with Crippen LogP contribution in [0.2, 0.25) is 0 Å². The fourth-order valence-corrected chi connectivity index (χ4v) is 6.40. The first-order valence-corrected chi connectivity index (χ1v) is 10.7. The van der Waals surface area contributed by atoms with Gasteiger partial charge in [-0.25, -0.2) is 0 Å². The maximum absolute atomic E-state index is 12.7. The molecule has 0 radical (unpaired) electrons. The summed E-state index contributed by atoms with van der Waals surface area (Å²) < 4.78 is 17.3. The third kappa shape index (κ3) is 2.94. The van der Waals surface area contributed by atoms with Crippen LogP contribution in [0.5, 0.6) is 5.75 Å². The van der Waals surface area contributed by atoms with Crippen LogP contribution in [0.3, 0.4) is 0 Å². The maximum Gasteiger partial charge on any atom is 0.310 e. The lowest BCUT2D eigenvalue weighted by molar-refractivity contribution is -0.147. The third-order valence-corrected chi connectivity index (χ3v) is 7.95. The Labute approximate surface area is 167 Å². The summed E-state index contributed by atoms with van der Waals surface area (Å²) in [6.07, 6.45) is 5.81. The van der Waals surface area contributed by atoms with Crippen molar-refractivity contribution in [3.8, 4) is 5.75 Å². The summed E-state index contributed by atoms with van der Waals surface area (Å²) in [6.45, 7) is 4.67. The van der Waals surface area contributed by atoms with Crippen LogP contribution < -0.4 is 10.1 Å². The van der Waals surface area contributed by atoms with Gasteiger partial charge in [-0.3, -0.25) is 4.79 Å². The normalized spacial score (nSPS) is 41.3. The number of hydrogen-bond acceptors (Lipinski definition) is 5. The minimum absolute atomic E-state index is 0.0180. The minimum atomic E-state index is -0.0537. The minimum Gasteiger partial charge on any atom is -0.496 e. The Morgan fingerprint density at radius 2 is 2.11 bits per heavy atom. The van der Waals surface area contributed by atoms with Gasteiger partial charge in [0.2, 0.25) is 0 Å². The summed E-state index contributed by atoms with van der Waals surface area (Å²) >= 11 is 0. The molecule has 2 aliphatic heterocycles. The SMILES string of the molecule is COc1ccccc1CNC[C@H]1C(=O)O[C@@H]2C[C@@]3(C)CCC[C@]4(CO4)[C@@H]3C[C@H]21. The monoisotopic (exact) mass is 385 g/mol. The van der Waals surface area contributed by atoms with Gasteiger partial charge in [-0.15, -0.1) is 0 Å². The predicted octanol–water partition coefficient (Wildman–Crippen LogP) is 3.31. The van der Waals surface area contributed by atoms with E-state index in [1.165, 1.54) is 19.3 Å². The van der Waals surface area contributed by atoms with E-state index in [-0.39, 0.29) is 29.0 Å². The number of fused-ring (bicyclic) bond motifs is 3. The number of para-hydroxylation sites is 1. The van der Waals surface area contributed by atoms with Crippen molar-refractivity contribution < 1.29 is 19.0 Å². The van der Waals surface area contributed by atoms with Gasteiger partial charge < -0.3 is 19.5 Å². The van der Waals surface area contributed by atoms with Crippen molar-refractivity contribution >= 4 is 5.97 Å². The molecule has 1 aromatic rings. The van der Waals surface area contributed by atoms with Crippen molar-refractivity contribution in [2.45, 2.75) is 57.3 Å². The number of rotatable bonds is 5. The maximum atomic E-state index is 12.7. The zero-order valence-corrected chi connectivity index (χ0v) is 16.9. The lowest BCUT2D eigenvalue weighted by Gasteiger charge is -2.51. The molecule has 0 bridgehead atoms. The standard InChI is InChI=1S/C23H31NO4/c1-22-8-5-9-23(14-27-23)20(22)10-16-17(21(25)28-19(16)11-22)13-24-12-15-6-3-4-7-18(15)26-2/h3-4,6-7,16-17,19-20,24H,5,8-14H2,1-2H3/t16-,17+,19+,20+,22+,23-/m0/s1. The molecule has 5 heteroatoms. The molecule has 2 heterocycles. The second-order valence-corrected chi connectivity index (χ2v) is 9.54. The van der Waals surface area contributed by atoms with Crippen LogP contribution in [0.25, 0.3) is 0 Å². The molecule has 1 N–H and O–H groups in total. The number of ether oxygens (including phenoxy) is 3. The molecule has 5 rings (SSSR count). The van der Waals surface area contributed by atoms with Crippen molar-refractivity contribution in [3.05, 3.63) is 29.8 Å². The van der Waals surface area contributed by atoms with Gasteiger partial charge in [0.25, 0.3) is 0 Å². The van der Waals surface area contributed by atoms with Gasteiger partial charge in [-0.2, -0.15) is 0 Å². The third-order valence-electron chi connectivity index (χ3n) is 7.95. The number of nitrogens with one attached hydrogen (secondary N) is 1. The van der Waals surface area contributed by atoms with E-state index in [0.717, 1.165) is 30.8 Å². The van der Waals surface area contributed by atoms with Crippen molar-refractivity contribution in [2.24, 2.45) is 23.2 Å². The molecule has 2 saturated carbocycles. The van der Waals surface area contributed by atoms with Gasteiger partial charge in [0.15, 0.2) is 0 Å². The quantitative estimate of drug-likeness (QED) is 0.622. The van der Waals surface area contributed by atoms with Crippen molar-refractivity contribution in [3.63, 3.8) is 0 Å². The molecule has 4 fully saturated rings. The second kappa shape index (κ2) is 6.74. The topological polar surface area (TPSA) is 60.1 Å². The molecular formula is C23H31NO4. The Hall–Kier alpha value is -1.59. The Morgan fingerprint density at radius 3 is 2.89 bits per heavy atom. The van der Waals surface area contributed by atoms with Gasteiger partial charge in [0.1, 0.15) is 11.9 Å². The van der Waals surface area contributed by atoms with Crippen molar-refractivity contribution in [2.75, 3.05) is 20.3 Å². The first-order chi connectivity index (χ1) is 13.5. The Bertz CT molecular complexity index is 761. The number of carbonyl (C=O) groups is 1. The molecule has 2 aliphatic carbocycles. The number of hydrogen-bond donors (Lipinski definition) is 1. The Morgan fingerprint density at radius 1 is 1.29 bits per heavy atom. The van der Waals surface area contributed by atoms with Crippen LogP contribution >= 0.6 is 0 Å². The fraction of sp³-hybridized carbons (Fsp3) is 0.696. The zero-order chi connectivity index (χ0) is 19.4. The number of esters is 1. The van der Waals surface area contributed by atoms with E-state index in [1.54, 1.807) is 7.11 Å². The molecule has 5 nitrogen and oxygen atoms in total. The summed E-state index contributed by atoms with van der Waals surface area (Å²) in [4.78, 5) is 12.7. The fourth-order valence-electron chi connectivity index (χ4n) is 6.40. The molecule has 1 aromatic carbocycles. The largest absolute Gasteiger partial charge is 0.496 e. The van der Waals surface area contributed by atoms with Crippen LogP contribution in [-0.2, 0) is 20.8 Å². The van der Waals surface area contributed by atoms with E-state index in [4.69, 9.17) is 14.2 Å². The van der Waals surface area contributed by atoms with Crippen LogP contribution in [0, 0.1) is 23.2 Å².